The van der Waals surface area contributed by atoms with E-state index in [1.807, 2.05) is 34.6 Å². The molecule has 0 radical (unpaired) electrons. The normalized spacial score (nSPS) is 12.4. The highest BCUT2D eigenvalue weighted by Crippen LogP contribution is 2.17. The van der Waals surface area contributed by atoms with E-state index in [2.05, 4.69) is 16.7 Å². The van der Waals surface area contributed by atoms with Crippen LogP contribution in [0.2, 0.25) is 0 Å². The Morgan fingerprint density at radius 3 is 2.09 bits per heavy atom. The van der Waals surface area contributed by atoms with Crippen molar-refractivity contribution in [3.05, 3.63) is 64.7 Å². The summed E-state index contributed by atoms with van der Waals surface area (Å²) >= 11 is 0. The summed E-state index contributed by atoms with van der Waals surface area (Å²) in [4.78, 5) is 41.2. The molecule has 3 amide bonds. The van der Waals surface area contributed by atoms with Gasteiger partial charge in [-0.05, 0) is 67.5 Å². The predicted octanol–water partition coefficient (Wildman–Crippen LogP) is 4.13. The zero-order chi connectivity index (χ0) is 31.9. The summed E-state index contributed by atoms with van der Waals surface area (Å²) in [6.45, 7) is 11.7. The highest BCUT2D eigenvalue weighted by Gasteiger charge is 2.26. The molecule has 0 saturated carbocycles. The lowest BCUT2D eigenvalue weighted by molar-refractivity contribution is -0.127. The van der Waals surface area contributed by atoms with Gasteiger partial charge in [-0.2, -0.15) is 0 Å². The number of hydrogen-bond donors (Lipinski definition) is 4. The van der Waals surface area contributed by atoms with Gasteiger partial charge in [0.25, 0.3) is 11.8 Å². The molecule has 0 aliphatic carbocycles. The number of carbonyl (C=O) groups excluding carboxylic acids is 3. The molecule has 0 aliphatic rings. The number of benzene rings is 2. The van der Waals surface area contributed by atoms with Gasteiger partial charge < -0.3 is 20.4 Å². The van der Waals surface area contributed by atoms with Gasteiger partial charge in [0.05, 0.1) is 12.1 Å². The van der Waals surface area contributed by atoms with E-state index in [9.17, 15) is 24.6 Å². The Kier molecular flexibility index (Phi) is 14.7. The number of hydrazine groups is 1. The van der Waals surface area contributed by atoms with Crippen LogP contribution in [0, 0.1) is 18.3 Å². The van der Waals surface area contributed by atoms with Gasteiger partial charge in [-0.15, -0.1) is 6.42 Å². The van der Waals surface area contributed by atoms with Crippen LogP contribution in [0.4, 0.5) is 0 Å². The van der Waals surface area contributed by atoms with Gasteiger partial charge in [-0.25, -0.2) is 5.01 Å². The third-order valence-electron chi connectivity index (χ3n) is 6.83. The topological polar surface area (TPSA) is 122 Å². The van der Waals surface area contributed by atoms with Crippen molar-refractivity contribution in [3.63, 3.8) is 0 Å². The highest BCUT2D eigenvalue weighted by atomic mass is 16.3. The maximum atomic E-state index is 13.6. The van der Waals surface area contributed by atoms with E-state index in [1.165, 1.54) is 6.07 Å². The smallest absolute Gasteiger partial charge is 0.253 e. The third kappa shape index (κ3) is 11.7. The van der Waals surface area contributed by atoms with E-state index < -0.39 is 18.1 Å². The molecule has 9 nitrogen and oxygen atoms in total. The average Bonchev–Trinajstić information content (AvgIpc) is 2.96. The number of phenolic OH excluding ortho intramolecular Hbond substituents is 1. The van der Waals surface area contributed by atoms with Gasteiger partial charge in [0.1, 0.15) is 5.75 Å². The first kappa shape index (κ1) is 35.3. The molecule has 234 valence electrons. The molecule has 43 heavy (non-hydrogen) atoms. The molecule has 2 atom stereocenters. The number of phenols is 1. The fourth-order valence-electron chi connectivity index (χ4n) is 4.83. The lowest BCUT2D eigenvalue weighted by Gasteiger charge is -2.30. The fraction of sp³-hybridized carbons (Fsp3) is 0.500. The molecule has 2 aromatic rings. The zero-order valence-corrected chi connectivity index (χ0v) is 26.2. The molecule has 0 bridgehead atoms. The van der Waals surface area contributed by atoms with Crippen LogP contribution in [-0.4, -0.2) is 76.2 Å². The molecule has 0 fully saturated rings. The number of terminal acetylenes is 1. The minimum absolute atomic E-state index is 0.0812. The van der Waals surface area contributed by atoms with E-state index in [1.54, 1.807) is 46.3 Å². The van der Waals surface area contributed by atoms with E-state index in [0.717, 1.165) is 24.8 Å². The number of rotatable bonds is 17. The van der Waals surface area contributed by atoms with Gasteiger partial charge in [0.2, 0.25) is 5.91 Å². The molecule has 9 heteroatoms. The second-order valence-electron chi connectivity index (χ2n) is 11.3. The first-order valence-corrected chi connectivity index (χ1v) is 15.2. The van der Waals surface area contributed by atoms with E-state index >= 15 is 0 Å². The number of aliphatic hydroxyl groups is 1. The van der Waals surface area contributed by atoms with Crippen LogP contribution in [0.1, 0.15) is 92.1 Å². The number of aliphatic hydroxyl groups excluding tert-OH is 1. The monoisotopic (exact) mass is 592 g/mol. The molecule has 0 heterocycles. The van der Waals surface area contributed by atoms with Gasteiger partial charge in [-0.1, -0.05) is 52.7 Å². The van der Waals surface area contributed by atoms with Crippen LogP contribution in [0.3, 0.4) is 0 Å². The number of aromatic hydroxyl groups is 1. The maximum absolute atomic E-state index is 13.6. The molecule has 0 saturated heterocycles. The van der Waals surface area contributed by atoms with Crippen molar-refractivity contribution in [1.82, 2.24) is 20.7 Å². The zero-order valence-electron chi connectivity index (χ0n) is 26.2. The Labute approximate surface area is 256 Å². The average molecular weight is 593 g/mol. The van der Waals surface area contributed by atoms with Gasteiger partial charge in [-0.3, -0.25) is 19.8 Å². The van der Waals surface area contributed by atoms with Crippen LogP contribution in [0.15, 0.2) is 42.5 Å². The maximum Gasteiger partial charge on any atom is 0.253 e. The summed E-state index contributed by atoms with van der Waals surface area (Å²) in [5.41, 5.74) is 4.62. The van der Waals surface area contributed by atoms with Crippen molar-refractivity contribution in [2.45, 2.75) is 78.9 Å². The molecular formula is C34H48N4O5. The lowest BCUT2D eigenvalue weighted by atomic mass is 9.99. The van der Waals surface area contributed by atoms with Crippen LogP contribution in [-0.2, 0) is 11.2 Å². The molecule has 0 aromatic heterocycles. The quantitative estimate of drug-likeness (QED) is 0.162. The summed E-state index contributed by atoms with van der Waals surface area (Å²) in [7, 11) is 0. The van der Waals surface area contributed by atoms with Crippen molar-refractivity contribution >= 4 is 17.7 Å². The van der Waals surface area contributed by atoms with Crippen LogP contribution in [0.25, 0.3) is 0 Å². The summed E-state index contributed by atoms with van der Waals surface area (Å²) in [5.74, 6) is 2.01. The van der Waals surface area contributed by atoms with Gasteiger partial charge >= 0.3 is 0 Å². The molecule has 2 aromatic carbocycles. The lowest BCUT2D eigenvalue weighted by Crippen LogP contribution is -2.53. The van der Waals surface area contributed by atoms with Crippen LogP contribution < -0.4 is 10.7 Å². The number of amides is 3. The Morgan fingerprint density at radius 2 is 1.53 bits per heavy atom. The van der Waals surface area contributed by atoms with Crippen molar-refractivity contribution in [3.8, 4) is 18.1 Å². The number of hydrogen-bond acceptors (Lipinski definition) is 6. The summed E-state index contributed by atoms with van der Waals surface area (Å²) in [6, 6.07) is 10.5. The van der Waals surface area contributed by atoms with Crippen LogP contribution in [0.5, 0.6) is 5.75 Å². The van der Waals surface area contributed by atoms with E-state index in [4.69, 9.17) is 6.42 Å². The van der Waals surface area contributed by atoms with Crippen molar-refractivity contribution in [2.75, 3.05) is 26.2 Å². The molecule has 2 unspecified atom stereocenters. The highest BCUT2D eigenvalue weighted by molar-refractivity contribution is 6.00. The summed E-state index contributed by atoms with van der Waals surface area (Å²) < 4.78 is 0. The van der Waals surface area contributed by atoms with Gasteiger partial charge in [0, 0.05) is 49.3 Å². The fourth-order valence-corrected chi connectivity index (χ4v) is 4.83. The third-order valence-corrected chi connectivity index (χ3v) is 6.83. The first-order chi connectivity index (χ1) is 20.5. The van der Waals surface area contributed by atoms with Crippen LogP contribution >= 0.6 is 0 Å². The molecule has 0 aliphatic heterocycles. The summed E-state index contributed by atoms with van der Waals surface area (Å²) in [6.07, 6.45) is 7.59. The Hall–Kier alpha value is -3.87. The predicted molar refractivity (Wildman–Crippen MR) is 169 cm³/mol. The minimum Gasteiger partial charge on any atom is -0.508 e. The first-order valence-electron chi connectivity index (χ1n) is 15.2. The number of nitrogens with zero attached hydrogens (tertiary/aromatic N) is 2. The number of nitrogens with one attached hydrogen (secondary N) is 2. The largest absolute Gasteiger partial charge is 0.508 e. The Bertz CT molecular complexity index is 1230. The van der Waals surface area contributed by atoms with E-state index in [0.29, 0.717) is 37.2 Å². The summed E-state index contributed by atoms with van der Waals surface area (Å²) in [5, 5.41) is 25.7. The SMILES string of the molecule is C#Cc1cc(C(=O)NC(Cc2ccc(O)cc2)C(O)CN(CCC)NC(=O)CC(C)C)cc(C(=O)N(CCC)CCC)c1. The van der Waals surface area contributed by atoms with E-state index in [-0.39, 0.29) is 42.0 Å². The second-order valence-corrected chi connectivity index (χ2v) is 11.3. The van der Waals surface area contributed by atoms with Crippen molar-refractivity contribution in [2.24, 2.45) is 5.92 Å². The molecular weight excluding hydrogens is 544 g/mol. The Morgan fingerprint density at radius 1 is 0.930 bits per heavy atom. The van der Waals surface area contributed by atoms with Crippen molar-refractivity contribution in [1.29, 1.82) is 0 Å². The Balaban J connectivity index is 2.37. The minimum atomic E-state index is -1.06. The van der Waals surface area contributed by atoms with Gasteiger partial charge in [0.15, 0.2) is 0 Å². The van der Waals surface area contributed by atoms with Crippen molar-refractivity contribution < 1.29 is 24.6 Å². The molecule has 4 N–H and O–H groups in total. The molecule has 0 spiro atoms. The molecule has 2 rings (SSSR count). The number of carbonyl (C=O) groups is 3. The second kappa shape index (κ2) is 17.9. The standard InChI is InChI=1S/C34H48N4O5/c1-7-15-37(16-8-2)34(43)28-20-25(10-4)19-27(22-28)33(42)35-30(21-26-11-13-29(39)14-12-26)31(40)23-38(17-9-3)36-32(41)18-24(5)6/h4,11-14,19-20,22,24,30-31,39-40H,7-9,15-18,21,23H2,1-3,5-6H3,(H,35,42)(H,36,41).